The molecule has 8 nitrogen and oxygen atoms in total. The van der Waals surface area contributed by atoms with Crippen molar-refractivity contribution >= 4 is 22.6 Å². The van der Waals surface area contributed by atoms with Gasteiger partial charge in [0.2, 0.25) is 5.91 Å². The van der Waals surface area contributed by atoms with E-state index >= 15 is 0 Å². The van der Waals surface area contributed by atoms with Gasteiger partial charge in [0.05, 0.1) is 11.1 Å². The van der Waals surface area contributed by atoms with Crippen LogP contribution in [0, 0.1) is 0 Å². The number of anilines is 1. The summed E-state index contributed by atoms with van der Waals surface area (Å²) in [5, 5.41) is 4.47. The zero-order valence-corrected chi connectivity index (χ0v) is 23.2. The van der Waals surface area contributed by atoms with Crippen molar-refractivity contribution in [2.45, 2.75) is 51.2 Å². The highest BCUT2D eigenvalue weighted by Gasteiger charge is 2.41. The normalized spacial score (nSPS) is 18.7. The third-order valence-corrected chi connectivity index (χ3v) is 8.33. The van der Waals surface area contributed by atoms with Gasteiger partial charge in [-0.1, -0.05) is 30.8 Å². The molecule has 0 bridgehead atoms. The number of hydrogen-bond acceptors (Lipinski definition) is 6. The molecule has 8 heteroatoms. The smallest absolute Gasteiger partial charge is 0.251 e. The quantitative estimate of drug-likeness (QED) is 0.455. The average Bonchev–Trinajstić information content (AvgIpc) is 2.97. The van der Waals surface area contributed by atoms with Gasteiger partial charge in [-0.15, -0.1) is 0 Å². The topological polar surface area (TPSA) is 79.7 Å². The zero-order valence-electron chi connectivity index (χ0n) is 23.2. The molecule has 1 aromatic carbocycles. The number of rotatable bonds is 7. The molecule has 0 radical (unpaired) electrons. The van der Waals surface area contributed by atoms with Crippen molar-refractivity contribution in [3.63, 3.8) is 0 Å². The van der Waals surface area contributed by atoms with E-state index in [1.54, 1.807) is 6.07 Å². The molecule has 0 aliphatic carbocycles. The van der Waals surface area contributed by atoms with Crippen LogP contribution in [0.25, 0.3) is 10.9 Å². The number of piperazine rings is 1. The Hall–Kier alpha value is -3.49. The van der Waals surface area contributed by atoms with E-state index in [1.165, 1.54) is 17.2 Å². The summed E-state index contributed by atoms with van der Waals surface area (Å²) >= 11 is 0. The van der Waals surface area contributed by atoms with Crippen LogP contribution in [0.5, 0.6) is 0 Å². The lowest BCUT2D eigenvalue weighted by Crippen LogP contribution is -2.58. The maximum absolute atomic E-state index is 12.5. The average molecular weight is 530 g/mol. The number of aromatic nitrogens is 2. The van der Waals surface area contributed by atoms with Gasteiger partial charge < -0.3 is 19.5 Å². The number of ether oxygens (including phenoxy) is 1. The molecule has 2 saturated heterocycles. The SMILES string of the molecule is C=CC(=O)N1CCN(C2(c3ccc([C@H](C)Nc4cc5c(ccc(=O)n5C(C)C)cn4)cc3)CCOCC2)CC1. The summed E-state index contributed by atoms with van der Waals surface area (Å²) < 4.78 is 7.57. The fraction of sp³-hybridized carbons (Fsp3) is 0.452. The number of carbonyl (C=O) groups excluding carboxylic acids is 1. The highest BCUT2D eigenvalue weighted by Crippen LogP contribution is 2.39. The Bertz CT molecular complexity index is 1380. The summed E-state index contributed by atoms with van der Waals surface area (Å²) in [7, 11) is 0. The first kappa shape index (κ1) is 27.1. The lowest BCUT2D eigenvalue weighted by atomic mass is 9.80. The molecule has 0 spiro atoms. The van der Waals surface area contributed by atoms with Crippen LogP contribution in [-0.4, -0.2) is 64.7 Å². The van der Waals surface area contributed by atoms with Crippen LogP contribution >= 0.6 is 0 Å². The predicted octanol–water partition coefficient (Wildman–Crippen LogP) is 4.49. The van der Waals surface area contributed by atoms with Crippen molar-refractivity contribution in [3.05, 3.63) is 82.8 Å². The van der Waals surface area contributed by atoms with E-state index in [4.69, 9.17) is 4.74 Å². The molecular weight excluding hydrogens is 490 g/mol. The van der Waals surface area contributed by atoms with Gasteiger partial charge in [0.1, 0.15) is 5.82 Å². The van der Waals surface area contributed by atoms with Gasteiger partial charge in [0.15, 0.2) is 0 Å². The van der Waals surface area contributed by atoms with Crippen LogP contribution in [0.4, 0.5) is 5.82 Å². The second-order valence-corrected chi connectivity index (χ2v) is 10.9. The molecule has 1 atom stereocenters. The first-order valence-electron chi connectivity index (χ1n) is 13.9. The largest absolute Gasteiger partial charge is 0.381 e. The van der Waals surface area contributed by atoms with Gasteiger partial charge in [0, 0.05) is 75.2 Å². The fourth-order valence-electron chi connectivity index (χ4n) is 6.13. The maximum Gasteiger partial charge on any atom is 0.251 e. The molecule has 4 heterocycles. The zero-order chi connectivity index (χ0) is 27.6. The number of fused-ring (bicyclic) bond motifs is 1. The highest BCUT2D eigenvalue weighted by molar-refractivity contribution is 5.87. The molecule has 1 N–H and O–H groups in total. The standard InChI is InChI=1S/C31H39N5O3/c1-5-29(37)34-14-16-35(17-15-34)31(12-18-39-19-13-31)26-9-6-24(7-10-26)23(4)33-28-20-27-25(21-32-28)8-11-30(38)36(27)22(2)3/h5-11,20-23H,1,12-19H2,2-4H3,(H,32,33)/t23-/m0/s1. The summed E-state index contributed by atoms with van der Waals surface area (Å²) in [6.45, 7) is 14.4. The van der Waals surface area contributed by atoms with Gasteiger partial charge in [-0.05, 0) is 56.9 Å². The van der Waals surface area contributed by atoms with Gasteiger partial charge >= 0.3 is 0 Å². The third-order valence-electron chi connectivity index (χ3n) is 8.33. The number of carbonyl (C=O) groups is 1. The van der Waals surface area contributed by atoms with E-state index < -0.39 is 0 Å². The van der Waals surface area contributed by atoms with Gasteiger partial charge in [-0.25, -0.2) is 4.98 Å². The van der Waals surface area contributed by atoms with E-state index in [1.807, 2.05) is 41.6 Å². The van der Waals surface area contributed by atoms with Crippen LogP contribution < -0.4 is 10.9 Å². The molecular formula is C31H39N5O3. The Morgan fingerprint density at radius 3 is 2.38 bits per heavy atom. The molecule has 5 rings (SSSR count). The summed E-state index contributed by atoms with van der Waals surface area (Å²) in [6, 6.07) is 14.4. The number of nitrogens with zero attached hydrogens (tertiary/aromatic N) is 4. The van der Waals surface area contributed by atoms with Gasteiger partial charge in [-0.3, -0.25) is 14.5 Å². The Balaban J connectivity index is 1.35. The Kier molecular flexibility index (Phi) is 7.86. The summed E-state index contributed by atoms with van der Waals surface area (Å²) in [5.74, 6) is 0.752. The maximum atomic E-state index is 12.5. The molecule has 2 aromatic heterocycles. The molecule has 39 heavy (non-hydrogen) atoms. The Morgan fingerprint density at radius 2 is 1.74 bits per heavy atom. The minimum atomic E-state index is -0.0861. The first-order valence-corrected chi connectivity index (χ1v) is 13.9. The van der Waals surface area contributed by atoms with Gasteiger partial charge in [0.25, 0.3) is 5.56 Å². The number of hydrogen-bond donors (Lipinski definition) is 1. The van der Waals surface area contributed by atoms with Crippen LogP contribution in [0.2, 0.25) is 0 Å². The number of benzene rings is 1. The van der Waals surface area contributed by atoms with Crippen molar-refractivity contribution < 1.29 is 9.53 Å². The monoisotopic (exact) mass is 529 g/mol. The molecule has 3 aromatic rings. The van der Waals surface area contributed by atoms with E-state index in [9.17, 15) is 9.59 Å². The van der Waals surface area contributed by atoms with E-state index in [0.717, 1.165) is 69.0 Å². The predicted molar refractivity (Wildman–Crippen MR) is 155 cm³/mol. The molecule has 2 aliphatic heterocycles. The number of nitrogens with one attached hydrogen (secondary N) is 1. The summed E-state index contributed by atoms with van der Waals surface area (Å²) in [4.78, 5) is 33.6. The first-order chi connectivity index (χ1) is 18.8. The number of pyridine rings is 2. The summed E-state index contributed by atoms with van der Waals surface area (Å²) in [6.07, 6.45) is 5.11. The minimum Gasteiger partial charge on any atom is -0.381 e. The second-order valence-electron chi connectivity index (χ2n) is 10.9. The van der Waals surface area contributed by atoms with Crippen LogP contribution in [-0.2, 0) is 15.1 Å². The van der Waals surface area contributed by atoms with Crippen molar-refractivity contribution in [1.29, 1.82) is 0 Å². The third kappa shape index (κ3) is 5.36. The molecule has 1 amide bonds. The van der Waals surface area contributed by atoms with Crippen molar-refractivity contribution in [3.8, 4) is 0 Å². The molecule has 0 unspecified atom stereocenters. The molecule has 206 valence electrons. The van der Waals surface area contributed by atoms with E-state index in [0.29, 0.717) is 0 Å². The van der Waals surface area contributed by atoms with Crippen LogP contribution in [0.3, 0.4) is 0 Å². The van der Waals surface area contributed by atoms with E-state index in [2.05, 4.69) is 53.0 Å². The minimum absolute atomic E-state index is 0.00551. The lowest BCUT2D eigenvalue weighted by Gasteiger charge is -2.50. The Labute approximate surface area is 230 Å². The molecule has 2 fully saturated rings. The van der Waals surface area contributed by atoms with Gasteiger partial charge in [-0.2, -0.15) is 0 Å². The van der Waals surface area contributed by atoms with Crippen LogP contribution in [0.15, 0.2) is 66.1 Å². The Morgan fingerprint density at radius 1 is 1.05 bits per heavy atom. The van der Waals surface area contributed by atoms with Crippen molar-refractivity contribution in [1.82, 2.24) is 19.4 Å². The van der Waals surface area contributed by atoms with Crippen LogP contribution in [0.1, 0.15) is 56.8 Å². The van der Waals surface area contributed by atoms with Crippen molar-refractivity contribution in [2.75, 3.05) is 44.7 Å². The lowest BCUT2D eigenvalue weighted by molar-refractivity contribution is -0.130. The molecule has 2 aliphatic rings. The van der Waals surface area contributed by atoms with E-state index in [-0.39, 0.29) is 29.1 Å². The second kappa shape index (κ2) is 11.3. The van der Waals surface area contributed by atoms with Crippen molar-refractivity contribution in [2.24, 2.45) is 0 Å². The molecule has 0 saturated carbocycles. The highest BCUT2D eigenvalue weighted by atomic mass is 16.5. The fourth-order valence-corrected chi connectivity index (χ4v) is 6.13. The number of amides is 1. The summed E-state index contributed by atoms with van der Waals surface area (Å²) in [5.41, 5.74) is 3.26.